The van der Waals surface area contributed by atoms with Crippen molar-refractivity contribution in [2.75, 3.05) is 5.32 Å². The number of rotatable bonds is 5. The average Bonchev–Trinajstić information content (AvgIpc) is 3.17. The smallest absolute Gasteiger partial charge is 0.231 e. The van der Waals surface area contributed by atoms with Crippen molar-refractivity contribution in [3.63, 3.8) is 0 Å². The molecule has 0 unspecified atom stereocenters. The van der Waals surface area contributed by atoms with E-state index in [9.17, 15) is 4.79 Å². The van der Waals surface area contributed by atoms with E-state index in [0.29, 0.717) is 11.5 Å². The number of hydrogen-bond donors (Lipinski definition) is 2. The molecule has 0 atom stereocenters. The maximum atomic E-state index is 12.0. The van der Waals surface area contributed by atoms with Crippen molar-refractivity contribution >= 4 is 11.7 Å². The number of carbonyl (C=O) groups excluding carboxylic acids is 1. The minimum absolute atomic E-state index is 0.132. The third-order valence-corrected chi connectivity index (χ3v) is 3.29. The molecule has 6 nitrogen and oxygen atoms in total. The lowest BCUT2D eigenvalue weighted by molar-refractivity contribution is -0.115. The number of carbonyl (C=O) groups is 1. The summed E-state index contributed by atoms with van der Waals surface area (Å²) in [6.07, 6.45) is 2.92. The number of nitrogens with zero attached hydrogens (tertiary/aromatic N) is 3. The maximum absolute atomic E-state index is 12.0. The predicted octanol–water partition coefficient (Wildman–Crippen LogP) is 2.34. The summed E-state index contributed by atoms with van der Waals surface area (Å²) in [5, 5.41) is 14.1. The third kappa shape index (κ3) is 3.22. The van der Waals surface area contributed by atoms with Gasteiger partial charge in [0.15, 0.2) is 5.82 Å². The Kier molecular flexibility index (Phi) is 4.00. The summed E-state index contributed by atoms with van der Waals surface area (Å²) in [5.41, 5.74) is 2.67. The molecule has 2 aromatic heterocycles. The summed E-state index contributed by atoms with van der Waals surface area (Å²) in [4.78, 5) is 12.0. The van der Waals surface area contributed by atoms with E-state index < -0.39 is 0 Å². The number of H-pyrrole nitrogens is 1. The number of para-hydroxylation sites is 1. The highest BCUT2D eigenvalue weighted by molar-refractivity contribution is 5.91. The van der Waals surface area contributed by atoms with E-state index in [-0.39, 0.29) is 12.3 Å². The van der Waals surface area contributed by atoms with Gasteiger partial charge in [0, 0.05) is 18.0 Å². The Balaban J connectivity index is 1.63. The molecule has 2 N–H and O–H groups in total. The molecule has 1 amide bonds. The van der Waals surface area contributed by atoms with E-state index >= 15 is 0 Å². The van der Waals surface area contributed by atoms with Gasteiger partial charge < -0.3 is 5.32 Å². The standard InChI is InChI=1S/C16H17N5O/c1-2-12-10-15(19-18-12)17-16(22)11-13-8-9-21(20-13)14-6-4-3-5-7-14/h3-10H,2,11H2,1H3,(H2,17,18,19,22). The molecular formula is C16H17N5O. The Hall–Kier alpha value is -2.89. The Morgan fingerprint density at radius 1 is 1.27 bits per heavy atom. The van der Waals surface area contributed by atoms with Crippen LogP contribution in [0.5, 0.6) is 0 Å². The van der Waals surface area contributed by atoms with Crippen LogP contribution >= 0.6 is 0 Å². The number of nitrogens with one attached hydrogen (secondary N) is 2. The van der Waals surface area contributed by atoms with Crippen molar-refractivity contribution in [1.29, 1.82) is 0 Å². The van der Waals surface area contributed by atoms with Gasteiger partial charge in [-0.2, -0.15) is 10.2 Å². The van der Waals surface area contributed by atoms with Crippen LogP contribution in [0, 0.1) is 0 Å². The van der Waals surface area contributed by atoms with Crippen molar-refractivity contribution in [3.05, 3.63) is 60.0 Å². The molecule has 22 heavy (non-hydrogen) atoms. The van der Waals surface area contributed by atoms with Gasteiger partial charge >= 0.3 is 0 Å². The molecule has 112 valence electrons. The Bertz CT molecular complexity index is 760. The zero-order valence-corrected chi connectivity index (χ0v) is 12.3. The van der Waals surface area contributed by atoms with E-state index in [2.05, 4.69) is 20.6 Å². The molecule has 0 aliphatic heterocycles. The largest absolute Gasteiger partial charge is 0.309 e. The van der Waals surface area contributed by atoms with Gasteiger partial charge in [0.1, 0.15) is 0 Å². The van der Waals surface area contributed by atoms with Crippen LogP contribution in [-0.4, -0.2) is 25.9 Å². The van der Waals surface area contributed by atoms with Crippen LogP contribution in [0.2, 0.25) is 0 Å². The molecule has 6 heteroatoms. The van der Waals surface area contributed by atoms with E-state index in [1.54, 1.807) is 4.68 Å². The second-order valence-electron chi connectivity index (χ2n) is 4.94. The molecule has 0 bridgehead atoms. The normalized spacial score (nSPS) is 10.6. The number of benzene rings is 1. The summed E-state index contributed by atoms with van der Waals surface area (Å²) < 4.78 is 1.76. The minimum atomic E-state index is -0.132. The molecule has 1 aromatic carbocycles. The topological polar surface area (TPSA) is 75.6 Å². The van der Waals surface area contributed by atoms with Crippen LogP contribution < -0.4 is 5.32 Å². The van der Waals surface area contributed by atoms with Gasteiger partial charge in [-0.3, -0.25) is 9.89 Å². The summed E-state index contributed by atoms with van der Waals surface area (Å²) in [7, 11) is 0. The number of aryl methyl sites for hydroxylation is 1. The number of anilines is 1. The quantitative estimate of drug-likeness (QED) is 0.758. The van der Waals surface area contributed by atoms with Crippen LogP contribution in [0.1, 0.15) is 18.3 Å². The van der Waals surface area contributed by atoms with Crippen LogP contribution in [0.4, 0.5) is 5.82 Å². The van der Waals surface area contributed by atoms with Gasteiger partial charge in [-0.25, -0.2) is 4.68 Å². The molecule has 0 aliphatic rings. The maximum Gasteiger partial charge on any atom is 0.231 e. The summed E-state index contributed by atoms with van der Waals surface area (Å²) >= 11 is 0. The summed E-state index contributed by atoms with van der Waals surface area (Å²) in [6, 6.07) is 13.5. The van der Waals surface area contributed by atoms with Crippen molar-refractivity contribution in [1.82, 2.24) is 20.0 Å². The number of aromatic nitrogens is 4. The third-order valence-electron chi connectivity index (χ3n) is 3.29. The molecule has 0 fully saturated rings. The van der Waals surface area contributed by atoms with Gasteiger partial charge in [0.05, 0.1) is 17.8 Å². The van der Waals surface area contributed by atoms with Crippen molar-refractivity contribution in [2.24, 2.45) is 0 Å². The predicted molar refractivity (Wildman–Crippen MR) is 83.9 cm³/mol. The Morgan fingerprint density at radius 3 is 2.82 bits per heavy atom. The van der Waals surface area contributed by atoms with E-state index in [4.69, 9.17) is 0 Å². The minimum Gasteiger partial charge on any atom is -0.309 e. The van der Waals surface area contributed by atoms with Crippen LogP contribution in [0.25, 0.3) is 5.69 Å². The molecule has 0 saturated heterocycles. The lowest BCUT2D eigenvalue weighted by Crippen LogP contribution is -2.15. The van der Waals surface area contributed by atoms with Crippen molar-refractivity contribution in [3.8, 4) is 5.69 Å². The monoisotopic (exact) mass is 295 g/mol. The molecular weight excluding hydrogens is 278 g/mol. The van der Waals surface area contributed by atoms with Gasteiger partial charge in [0.25, 0.3) is 0 Å². The molecule has 0 radical (unpaired) electrons. The summed E-state index contributed by atoms with van der Waals surface area (Å²) in [6.45, 7) is 2.02. The highest BCUT2D eigenvalue weighted by Crippen LogP contribution is 2.09. The highest BCUT2D eigenvalue weighted by atomic mass is 16.1. The molecule has 3 aromatic rings. The Morgan fingerprint density at radius 2 is 2.09 bits per heavy atom. The molecule has 0 saturated carbocycles. The highest BCUT2D eigenvalue weighted by Gasteiger charge is 2.09. The number of hydrogen-bond acceptors (Lipinski definition) is 3. The van der Waals surface area contributed by atoms with Gasteiger partial charge in [-0.15, -0.1) is 0 Å². The summed E-state index contributed by atoms with van der Waals surface area (Å²) in [5.74, 6) is 0.414. The zero-order chi connectivity index (χ0) is 15.4. The molecule has 0 aliphatic carbocycles. The van der Waals surface area contributed by atoms with Crippen molar-refractivity contribution in [2.45, 2.75) is 19.8 Å². The fourth-order valence-electron chi connectivity index (χ4n) is 2.14. The SMILES string of the molecule is CCc1cc(NC(=O)Cc2ccn(-c3ccccc3)n2)n[nH]1. The van der Waals surface area contributed by atoms with E-state index in [0.717, 1.165) is 17.8 Å². The Labute approximate surface area is 128 Å². The van der Waals surface area contributed by atoms with Gasteiger partial charge in [0.2, 0.25) is 5.91 Å². The average molecular weight is 295 g/mol. The first-order chi connectivity index (χ1) is 10.7. The first-order valence-electron chi connectivity index (χ1n) is 7.18. The lowest BCUT2D eigenvalue weighted by Gasteiger charge is -2.01. The van der Waals surface area contributed by atoms with Gasteiger partial charge in [-0.05, 0) is 24.6 Å². The van der Waals surface area contributed by atoms with Gasteiger partial charge in [-0.1, -0.05) is 25.1 Å². The molecule has 0 spiro atoms. The van der Waals surface area contributed by atoms with Crippen molar-refractivity contribution < 1.29 is 4.79 Å². The van der Waals surface area contributed by atoms with E-state index in [1.165, 1.54) is 0 Å². The number of aromatic amines is 1. The first kappa shape index (κ1) is 14.1. The second kappa shape index (κ2) is 6.26. The molecule has 3 rings (SSSR count). The van der Waals surface area contributed by atoms with E-state index in [1.807, 2.05) is 55.6 Å². The fraction of sp³-hybridized carbons (Fsp3) is 0.188. The lowest BCUT2D eigenvalue weighted by atomic mass is 10.3. The second-order valence-corrected chi connectivity index (χ2v) is 4.94. The number of amides is 1. The van der Waals surface area contributed by atoms with Crippen LogP contribution in [0.3, 0.4) is 0 Å². The van der Waals surface area contributed by atoms with Crippen LogP contribution in [0.15, 0.2) is 48.7 Å². The molecule has 2 heterocycles. The zero-order valence-electron chi connectivity index (χ0n) is 12.3. The fourth-order valence-corrected chi connectivity index (χ4v) is 2.14. The van der Waals surface area contributed by atoms with Crippen LogP contribution in [-0.2, 0) is 17.6 Å². The first-order valence-corrected chi connectivity index (χ1v) is 7.18.